The van der Waals surface area contributed by atoms with Gasteiger partial charge in [-0.1, -0.05) is 48.5 Å². The summed E-state index contributed by atoms with van der Waals surface area (Å²) in [4.78, 5) is 29.1. The SMILES string of the molecule is COc1cn2c(COC(=O)C(C)c3ccc(-c4ccccc4)c(C(=O)O)c3)ccc(C)c2n1. The average molecular weight is 444 g/mol. The van der Waals surface area contributed by atoms with Crippen molar-refractivity contribution in [2.45, 2.75) is 26.4 Å². The fraction of sp³-hybridized carbons (Fsp3) is 0.192. The number of hydrogen-bond donors (Lipinski definition) is 1. The lowest BCUT2D eigenvalue weighted by molar-refractivity contribution is -0.146. The molecule has 0 fully saturated rings. The number of fused-ring (bicyclic) bond motifs is 1. The highest BCUT2D eigenvalue weighted by molar-refractivity contribution is 5.96. The van der Waals surface area contributed by atoms with Crippen LogP contribution in [0.3, 0.4) is 0 Å². The molecule has 0 spiro atoms. The van der Waals surface area contributed by atoms with E-state index in [1.165, 1.54) is 0 Å². The molecular formula is C26H24N2O5. The number of aryl methyl sites for hydroxylation is 1. The molecule has 0 saturated carbocycles. The quantitative estimate of drug-likeness (QED) is 0.409. The number of carbonyl (C=O) groups is 2. The van der Waals surface area contributed by atoms with Gasteiger partial charge in [0.25, 0.3) is 0 Å². The van der Waals surface area contributed by atoms with Gasteiger partial charge in [0.15, 0.2) is 0 Å². The van der Waals surface area contributed by atoms with Gasteiger partial charge >= 0.3 is 11.9 Å². The van der Waals surface area contributed by atoms with Crippen LogP contribution in [0.25, 0.3) is 16.8 Å². The molecule has 0 aliphatic rings. The molecule has 7 nitrogen and oxygen atoms in total. The van der Waals surface area contributed by atoms with E-state index >= 15 is 0 Å². The number of carboxylic acid groups (broad SMARTS) is 1. The topological polar surface area (TPSA) is 90.1 Å². The summed E-state index contributed by atoms with van der Waals surface area (Å²) in [7, 11) is 1.55. The maximum absolute atomic E-state index is 12.8. The Hall–Kier alpha value is -4.13. The number of aromatic carboxylic acids is 1. The predicted molar refractivity (Wildman–Crippen MR) is 124 cm³/mol. The van der Waals surface area contributed by atoms with Crippen molar-refractivity contribution in [2.75, 3.05) is 7.11 Å². The zero-order valence-electron chi connectivity index (χ0n) is 18.6. The highest BCUT2D eigenvalue weighted by Gasteiger charge is 2.21. The minimum Gasteiger partial charge on any atom is -0.480 e. The molecule has 0 aliphatic heterocycles. The number of carbonyl (C=O) groups excluding carboxylic acids is 1. The van der Waals surface area contributed by atoms with E-state index in [1.807, 2.05) is 53.8 Å². The second-order valence-electron chi connectivity index (χ2n) is 7.79. The lowest BCUT2D eigenvalue weighted by Gasteiger charge is -2.15. The van der Waals surface area contributed by atoms with Gasteiger partial charge in [0.2, 0.25) is 5.88 Å². The van der Waals surface area contributed by atoms with Gasteiger partial charge in [0.05, 0.1) is 30.5 Å². The number of nitrogens with zero attached hydrogens (tertiary/aromatic N) is 2. The first-order valence-corrected chi connectivity index (χ1v) is 10.5. The smallest absolute Gasteiger partial charge is 0.336 e. The lowest BCUT2D eigenvalue weighted by Crippen LogP contribution is -2.15. The molecule has 0 saturated heterocycles. The molecule has 0 radical (unpaired) electrons. The Morgan fingerprint density at radius 3 is 2.55 bits per heavy atom. The third-order valence-corrected chi connectivity index (χ3v) is 5.66. The summed E-state index contributed by atoms with van der Waals surface area (Å²) >= 11 is 0. The number of ether oxygens (including phenoxy) is 2. The van der Waals surface area contributed by atoms with Gasteiger partial charge in [-0.05, 0) is 48.2 Å². The van der Waals surface area contributed by atoms with Crippen molar-refractivity contribution in [3.63, 3.8) is 0 Å². The minimum atomic E-state index is -1.05. The molecule has 1 unspecified atom stereocenters. The Morgan fingerprint density at radius 1 is 1.09 bits per heavy atom. The highest BCUT2D eigenvalue weighted by Crippen LogP contribution is 2.28. The fourth-order valence-corrected chi connectivity index (χ4v) is 3.73. The van der Waals surface area contributed by atoms with Gasteiger partial charge in [0, 0.05) is 0 Å². The molecule has 4 aromatic rings. The van der Waals surface area contributed by atoms with Gasteiger partial charge in [-0.15, -0.1) is 0 Å². The molecule has 0 bridgehead atoms. The highest BCUT2D eigenvalue weighted by atomic mass is 16.5. The summed E-state index contributed by atoms with van der Waals surface area (Å²) in [5.41, 5.74) is 4.58. The van der Waals surface area contributed by atoms with Crippen LogP contribution in [0, 0.1) is 6.92 Å². The monoisotopic (exact) mass is 444 g/mol. The molecule has 0 aliphatic carbocycles. The van der Waals surface area contributed by atoms with Crippen molar-refractivity contribution in [1.29, 1.82) is 0 Å². The molecule has 33 heavy (non-hydrogen) atoms. The second kappa shape index (κ2) is 9.16. The number of methoxy groups -OCH3 is 1. The first kappa shape index (κ1) is 22.1. The van der Waals surface area contributed by atoms with Crippen molar-refractivity contribution in [1.82, 2.24) is 9.38 Å². The van der Waals surface area contributed by atoms with Crippen molar-refractivity contribution in [3.8, 4) is 17.0 Å². The third kappa shape index (κ3) is 4.43. The van der Waals surface area contributed by atoms with E-state index in [0.29, 0.717) is 17.0 Å². The van der Waals surface area contributed by atoms with Crippen LogP contribution < -0.4 is 4.74 Å². The van der Waals surface area contributed by atoms with Crippen LogP contribution in [0.4, 0.5) is 0 Å². The van der Waals surface area contributed by atoms with Crippen LogP contribution in [-0.4, -0.2) is 33.5 Å². The van der Waals surface area contributed by atoms with Crippen molar-refractivity contribution >= 4 is 17.6 Å². The van der Waals surface area contributed by atoms with Crippen molar-refractivity contribution in [2.24, 2.45) is 0 Å². The molecule has 4 rings (SSSR count). The molecule has 2 heterocycles. The van der Waals surface area contributed by atoms with Crippen molar-refractivity contribution < 1.29 is 24.2 Å². The van der Waals surface area contributed by atoms with Crippen LogP contribution in [0.1, 0.15) is 40.0 Å². The zero-order chi connectivity index (χ0) is 23.5. The van der Waals surface area contributed by atoms with Crippen molar-refractivity contribution in [3.05, 3.63) is 89.2 Å². The van der Waals surface area contributed by atoms with E-state index in [2.05, 4.69) is 4.98 Å². The fourth-order valence-electron chi connectivity index (χ4n) is 3.73. The Labute approximate surface area is 191 Å². The minimum absolute atomic E-state index is 0.0490. The molecule has 0 amide bonds. The van der Waals surface area contributed by atoms with E-state index in [4.69, 9.17) is 9.47 Å². The number of esters is 1. The number of pyridine rings is 1. The molecule has 7 heteroatoms. The number of carboxylic acids is 1. The van der Waals surface area contributed by atoms with Crippen LogP contribution >= 0.6 is 0 Å². The maximum atomic E-state index is 12.8. The van der Waals surface area contributed by atoms with Gasteiger partial charge in [0.1, 0.15) is 12.3 Å². The summed E-state index contributed by atoms with van der Waals surface area (Å²) in [5, 5.41) is 9.73. The molecule has 2 aromatic heterocycles. The number of hydrogen-bond acceptors (Lipinski definition) is 5. The summed E-state index contributed by atoms with van der Waals surface area (Å²) in [5.74, 6) is -1.65. The van der Waals surface area contributed by atoms with Crippen LogP contribution in [0.15, 0.2) is 66.9 Å². The predicted octanol–water partition coefficient (Wildman–Crippen LogP) is 4.86. The van der Waals surface area contributed by atoms with Crippen LogP contribution in [0.5, 0.6) is 5.88 Å². The largest absolute Gasteiger partial charge is 0.480 e. The van der Waals surface area contributed by atoms with Crippen LogP contribution in [-0.2, 0) is 16.1 Å². The normalized spacial score (nSPS) is 11.8. The zero-order valence-corrected chi connectivity index (χ0v) is 18.6. The molecule has 1 atom stereocenters. The molecule has 168 valence electrons. The van der Waals surface area contributed by atoms with Gasteiger partial charge in [-0.2, -0.15) is 4.98 Å². The summed E-state index contributed by atoms with van der Waals surface area (Å²) < 4.78 is 12.6. The number of rotatable bonds is 7. The van der Waals surface area contributed by atoms with E-state index < -0.39 is 17.9 Å². The Morgan fingerprint density at radius 2 is 1.85 bits per heavy atom. The second-order valence-corrected chi connectivity index (χ2v) is 7.79. The third-order valence-electron chi connectivity index (χ3n) is 5.66. The first-order chi connectivity index (χ1) is 15.9. The van der Waals surface area contributed by atoms with Crippen LogP contribution in [0.2, 0.25) is 0 Å². The number of imidazole rings is 1. The standard InChI is InChI=1S/C26H24N2O5/c1-16-9-11-20(28-14-23(32-3)27-24(16)28)15-33-26(31)17(2)19-10-12-21(22(13-19)25(29)30)18-7-5-4-6-8-18/h4-14,17H,15H2,1-3H3,(H,29,30). The van der Waals surface area contributed by atoms with E-state index in [-0.39, 0.29) is 12.2 Å². The molecule has 2 aromatic carbocycles. The Bertz CT molecular complexity index is 1330. The Balaban J connectivity index is 1.55. The lowest BCUT2D eigenvalue weighted by atomic mass is 9.93. The summed E-state index contributed by atoms with van der Waals surface area (Å²) in [6, 6.07) is 18.1. The summed E-state index contributed by atoms with van der Waals surface area (Å²) in [6.45, 7) is 3.70. The number of aromatic nitrogens is 2. The summed E-state index contributed by atoms with van der Waals surface area (Å²) in [6.07, 6.45) is 1.75. The maximum Gasteiger partial charge on any atom is 0.336 e. The van der Waals surface area contributed by atoms with Gasteiger partial charge in [-0.3, -0.25) is 9.20 Å². The van der Waals surface area contributed by atoms with E-state index in [0.717, 1.165) is 22.5 Å². The van der Waals surface area contributed by atoms with E-state index in [9.17, 15) is 14.7 Å². The van der Waals surface area contributed by atoms with Gasteiger partial charge < -0.3 is 14.6 Å². The van der Waals surface area contributed by atoms with E-state index in [1.54, 1.807) is 38.4 Å². The van der Waals surface area contributed by atoms with Gasteiger partial charge in [-0.25, -0.2) is 4.79 Å². The molecule has 1 N–H and O–H groups in total. The molecular weight excluding hydrogens is 420 g/mol. The first-order valence-electron chi connectivity index (χ1n) is 10.5. The Kier molecular flexibility index (Phi) is 6.13. The average Bonchev–Trinajstić information content (AvgIpc) is 3.29. The number of benzene rings is 2.